The number of benzene rings is 1. The van der Waals surface area contributed by atoms with E-state index in [1.54, 1.807) is 12.1 Å². The van der Waals surface area contributed by atoms with Gasteiger partial charge in [0.05, 0.1) is 16.8 Å². The molecule has 3 nitrogen and oxygen atoms in total. The largest absolute Gasteiger partial charge is 0.393 e. The van der Waals surface area contributed by atoms with Gasteiger partial charge in [-0.25, -0.2) is 8.42 Å². The van der Waals surface area contributed by atoms with Gasteiger partial charge in [-0.15, -0.1) is 0 Å². The van der Waals surface area contributed by atoms with Crippen LogP contribution in [-0.2, 0) is 9.84 Å². The van der Waals surface area contributed by atoms with E-state index in [1.807, 2.05) is 12.1 Å². The molecular weight excluding hydrogens is 272 g/mol. The third-order valence-electron chi connectivity index (χ3n) is 5.12. The van der Waals surface area contributed by atoms with Gasteiger partial charge in [0, 0.05) is 5.92 Å². The van der Waals surface area contributed by atoms with Crippen molar-refractivity contribution < 1.29 is 13.5 Å². The van der Waals surface area contributed by atoms with E-state index in [4.69, 9.17) is 0 Å². The summed E-state index contributed by atoms with van der Waals surface area (Å²) in [7, 11) is -3.16. The van der Waals surface area contributed by atoms with Crippen LogP contribution in [0.2, 0.25) is 0 Å². The van der Waals surface area contributed by atoms with Gasteiger partial charge in [0.25, 0.3) is 0 Å². The van der Waals surface area contributed by atoms with Gasteiger partial charge in [0.2, 0.25) is 0 Å². The first kappa shape index (κ1) is 14.1. The summed E-state index contributed by atoms with van der Waals surface area (Å²) in [6.07, 6.45) is 3.58. The van der Waals surface area contributed by atoms with Crippen LogP contribution >= 0.6 is 0 Å². The fourth-order valence-electron chi connectivity index (χ4n) is 3.92. The standard InChI is InChI=1S/C16H22O3S/c1-2-11-7-8-15(17)13(9-11)14-10-20(18,19)16-6-4-3-5-12(14)16/h3-6,11,13-15,17H,2,7-10H2,1H3. The first-order valence-electron chi connectivity index (χ1n) is 7.52. The highest BCUT2D eigenvalue weighted by atomic mass is 32.2. The molecule has 0 bridgehead atoms. The molecule has 1 aliphatic heterocycles. The lowest BCUT2D eigenvalue weighted by Crippen LogP contribution is -2.34. The van der Waals surface area contributed by atoms with E-state index in [0.717, 1.165) is 31.2 Å². The third kappa shape index (κ3) is 2.29. The number of hydrogen-bond donors (Lipinski definition) is 1. The van der Waals surface area contributed by atoms with Crippen LogP contribution in [0.15, 0.2) is 29.2 Å². The van der Waals surface area contributed by atoms with Crippen LogP contribution < -0.4 is 0 Å². The van der Waals surface area contributed by atoms with Crippen LogP contribution in [-0.4, -0.2) is 25.4 Å². The van der Waals surface area contributed by atoms with Gasteiger partial charge in [-0.2, -0.15) is 0 Å². The zero-order valence-corrected chi connectivity index (χ0v) is 12.6. The van der Waals surface area contributed by atoms with E-state index >= 15 is 0 Å². The molecule has 1 N–H and O–H groups in total. The number of aliphatic hydroxyl groups is 1. The zero-order chi connectivity index (χ0) is 14.3. The summed E-state index contributed by atoms with van der Waals surface area (Å²) in [6.45, 7) is 2.18. The minimum Gasteiger partial charge on any atom is -0.393 e. The lowest BCUT2D eigenvalue weighted by molar-refractivity contribution is 0.0367. The highest BCUT2D eigenvalue weighted by Gasteiger charge is 2.43. The van der Waals surface area contributed by atoms with Crippen molar-refractivity contribution in [2.75, 3.05) is 5.75 Å². The normalized spacial score (nSPS) is 35.7. The first-order valence-corrected chi connectivity index (χ1v) is 9.18. The van der Waals surface area contributed by atoms with Crippen molar-refractivity contribution in [1.29, 1.82) is 0 Å². The number of aliphatic hydroxyl groups excluding tert-OH is 1. The Morgan fingerprint density at radius 3 is 2.75 bits per heavy atom. The molecule has 110 valence electrons. The SMILES string of the molecule is CCC1CCC(O)C(C2CS(=O)(=O)c3ccccc32)C1. The molecule has 20 heavy (non-hydrogen) atoms. The van der Waals surface area contributed by atoms with Crippen LogP contribution in [0.3, 0.4) is 0 Å². The summed E-state index contributed by atoms with van der Waals surface area (Å²) >= 11 is 0. The van der Waals surface area contributed by atoms with E-state index in [0.29, 0.717) is 10.8 Å². The maximum absolute atomic E-state index is 12.3. The second-order valence-corrected chi connectivity index (χ2v) is 8.25. The van der Waals surface area contributed by atoms with E-state index in [2.05, 4.69) is 6.92 Å². The van der Waals surface area contributed by atoms with E-state index in [-0.39, 0.29) is 23.7 Å². The van der Waals surface area contributed by atoms with Crippen molar-refractivity contribution in [3.63, 3.8) is 0 Å². The van der Waals surface area contributed by atoms with Gasteiger partial charge in [-0.05, 0) is 42.7 Å². The Labute approximate surface area is 120 Å². The Morgan fingerprint density at radius 2 is 2.00 bits per heavy atom. The Balaban J connectivity index is 1.95. The second kappa shape index (κ2) is 5.15. The van der Waals surface area contributed by atoms with Gasteiger partial charge in [0.1, 0.15) is 0 Å². The Morgan fingerprint density at radius 1 is 1.25 bits per heavy atom. The summed E-state index contributed by atoms with van der Waals surface area (Å²) < 4.78 is 24.6. The number of hydrogen-bond acceptors (Lipinski definition) is 3. The van der Waals surface area contributed by atoms with Gasteiger partial charge in [-0.3, -0.25) is 0 Å². The average Bonchev–Trinajstić information content (AvgIpc) is 2.72. The van der Waals surface area contributed by atoms with Gasteiger partial charge >= 0.3 is 0 Å². The molecule has 1 fully saturated rings. The molecular formula is C16H22O3S. The van der Waals surface area contributed by atoms with Crippen LogP contribution in [0.25, 0.3) is 0 Å². The first-order chi connectivity index (χ1) is 9.53. The Bertz CT molecular complexity index is 593. The lowest BCUT2D eigenvalue weighted by atomic mass is 9.71. The molecule has 4 atom stereocenters. The minimum absolute atomic E-state index is 0.0273. The van der Waals surface area contributed by atoms with Crippen LogP contribution in [0.1, 0.15) is 44.1 Å². The molecule has 1 saturated carbocycles. The van der Waals surface area contributed by atoms with Crippen molar-refractivity contribution in [3.8, 4) is 0 Å². The maximum Gasteiger partial charge on any atom is 0.179 e. The molecule has 0 spiro atoms. The molecule has 1 heterocycles. The summed E-state index contributed by atoms with van der Waals surface area (Å²) in [5.74, 6) is 0.858. The van der Waals surface area contributed by atoms with Crippen molar-refractivity contribution in [1.82, 2.24) is 0 Å². The van der Waals surface area contributed by atoms with E-state index < -0.39 is 9.84 Å². The van der Waals surface area contributed by atoms with Crippen LogP contribution in [0, 0.1) is 11.8 Å². The van der Waals surface area contributed by atoms with E-state index in [1.165, 1.54) is 0 Å². The van der Waals surface area contributed by atoms with Gasteiger partial charge in [0.15, 0.2) is 9.84 Å². The summed E-state index contributed by atoms with van der Waals surface area (Å²) in [5, 5.41) is 10.3. The maximum atomic E-state index is 12.3. The quantitative estimate of drug-likeness (QED) is 0.912. The Kier molecular flexibility index (Phi) is 3.63. The third-order valence-corrected chi connectivity index (χ3v) is 6.96. The molecule has 1 aromatic rings. The molecule has 0 radical (unpaired) electrons. The molecule has 0 saturated heterocycles. The summed E-state index contributed by atoms with van der Waals surface area (Å²) in [6, 6.07) is 7.31. The topological polar surface area (TPSA) is 54.4 Å². The number of sulfone groups is 1. The monoisotopic (exact) mass is 294 g/mol. The fourth-order valence-corrected chi connectivity index (χ4v) is 5.87. The Hall–Kier alpha value is -0.870. The zero-order valence-electron chi connectivity index (χ0n) is 11.8. The van der Waals surface area contributed by atoms with Gasteiger partial charge < -0.3 is 5.11 Å². The molecule has 1 aromatic carbocycles. The lowest BCUT2D eigenvalue weighted by Gasteiger charge is -2.36. The summed E-state index contributed by atoms with van der Waals surface area (Å²) in [4.78, 5) is 0.482. The number of rotatable bonds is 2. The fraction of sp³-hybridized carbons (Fsp3) is 0.625. The predicted octanol–water partition coefficient (Wildman–Crippen LogP) is 2.74. The van der Waals surface area contributed by atoms with Crippen molar-refractivity contribution in [2.45, 2.75) is 49.5 Å². The average molecular weight is 294 g/mol. The predicted molar refractivity (Wildman–Crippen MR) is 78.4 cm³/mol. The highest BCUT2D eigenvalue weighted by molar-refractivity contribution is 7.91. The second-order valence-electron chi connectivity index (χ2n) is 6.24. The smallest absolute Gasteiger partial charge is 0.179 e. The summed E-state index contributed by atoms with van der Waals surface area (Å²) in [5.41, 5.74) is 0.924. The van der Waals surface area contributed by atoms with Crippen molar-refractivity contribution >= 4 is 9.84 Å². The molecule has 4 heteroatoms. The van der Waals surface area contributed by atoms with Crippen molar-refractivity contribution in [3.05, 3.63) is 29.8 Å². The van der Waals surface area contributed by atoms with E-state index in [9.17, 15) is 13.5 Å². The highest BCUT2D eigenvalue weighted by Crippen LogP contribution is 2.46. The molecule has 1 aliphatic carbocycles. The molecule has 3 rings (SSSR count). The molecule has 0 amide bonds. The van der Waals surface area contributed by atoms with Crippen LogP contribution in [0.5, 0.6) is 0 Å². The molecule has 4 unspecified atom stereocenters. The molecule has 2 aliphatic rings. The van der Waals surface area contributed by atoms with Crippen molar-refractivity contribution in [2.24, 2.45) is 11.8 Å². The number of fused-ring (bicyclic) bond motifs is 1. The van der Waals surface area contributed by atoms with Gasteiger partial charge in [-0.1, -0.05) is 31.5 Å². The molecule has 0 aromatic heterocycles. The van der Waals surface area contributed by atoms with Crippen LogP contribution in [0.4, 0.5) is 0 Å². The minimum atomic E-state index is -3.16.